The Kier molecular flexibility index (Phi) is 3.49. The van der Waals surface area contributed by atoms with Gasteiger partial charge in [-0.1, -0.05) is 30.3 Å². The van der Waals surface area contributed by atoms with E-state index < -0.39 is 0 Å². The van der Waals surface area contributed by atoms with Crippen LogP contribution in [-0.2, 0) is 4.79 Å². The number of para-hydroxylation sites is 2. The predicted octanol–water partition coefficient (Wildman–Crippen LogP) is 3.97. The standard InChI is InChI=1S/C16H15BrN2O/c1-19-15-9-5-2-6-11(15)14(10-16(19)20)18-13-8-4-3-7-12(13)17/h2-9,14,18H,10H2,1H3. The highest BCUT2D eigenvalue weighted by Crippen LogP contribution is 2.36. The smallest absolute Gasteiger partial charge is 0.229 e. The number of amides is 1. The summed E-state index contributed by atoms with van der Waals surface area (Å²) in [7, 11) is 1.83. The molecule has 0 saturated carbocycles. The van der Waals surface area contributed by atoms with E-state index in [9.17, 15) is 4.79 Å². The molecule has 4 heteroatoms. The van der Waals surface area contributed by atoms with E-state index in [0.717, 1.165) is 21.4 Å². The van der Waals surface area contributed by atoms with Crippen LogP contribution in [0.25, 0.3) is 0 Å². The highest BCUT2D eigenvalue weighted by Gasteiger charge is 2.28. The van der Waals surface area contributed by atoms with Gasteiger partial charge in [0.15, 0.2) is 0 Å². The molecular formula is C16H15BrN2O. The first-order chi connectivity index (χ1) is 9.66. The summed E-state index contributed by atoms with van der Waals surface area (Å²) in [5.74, 6) is 0.133. The molecular weight excluding hydrogens is 316 g/mol. The van der Waals surface area contributed by atoms with Crippen LogP contribution in [0.15, 0.2) is 53.0 Å². The van der Waals surface area contributed by atoms with Crippen molar-refractivity contribution in [2.45, 2.75) is 12.5 Å². The molecule has 1 aliphatic heterocycles. The molecule has 1 atom stereocenters. The normalized spacial score (nSPS) is 17.8. The van der Waals surface area contributed by atoms with Crippen LogP contribution in [0.2, 0.25) is 0 Å². The highest BCUT2D eigenvalue weighted by atomic mass is 79.9. The van der Waals surface area contributed by atoms with Crippen molar-refractivity contribution in [1.82, 2.24) is 0 Å². The van der Waals surface area contributed by atoms with Gasteiger partial charge in [0.25, 0.3) is 0 Å². The van der Waals surface area contributed by atoms with Crippen molar-refractivity contribution in [1.29, 1.82) is 0 Å². The molecule has 1 unspecified atom stereocenters. The van der Waals surface area contributed by atoms with Crippen molar-refractivity contribution in [3.05, 3.63) is 58.6 Å². The molecule has 1 N–H and O–H groups in total. The SMILES string of the molecule is CN1C(=O)CC(Nc2ccccc2Br)c2ccccc21. The molecule has 2 aromatic rings. The highest BCUT2D eigenvalue weighted by molar-refractivity contribution is 9.10. The summed E-state index contributed by atoms with van der Waals surface area (Å²) >= 11 is 3.53. The van der Waals surface area contributed by atoms with Crippen molar-refractivity contribution in [3.8, 4) is 0 Å². The van der Waals surface area contributed by atoms with Crippen LogP contribution in [0.4, 0.5) is 11.4 Å². The maximum Gasteiger partial charge on any atom is 0.229 e. The fraction of sp³-hybridized carbons (Fsp3) is 0.188. The topological polar surface area (TPSA) is 32.3 Å². The molecule has 0 spiro atoms. The molecule has 0 radical (unpaired) electrons. The Bertz CT molecular complexity index is 656. The summed E-state index contributed by atoms with van der Waals surface area (Å²) in [6, 6.07) is 16.0. The van der Waals surface area contributed by atoms with Gasteiger partial charge in [0, 0.05) is 22.9 Å². The number of hydrogen-bond donors (Lipinski definition) is 1. The molecule has 0 bridgehead atoms. The third-order valence-corrected chi connectivity index (χ3v) is 4.32. The minimum absolute atomic E-state index is 0.00796. The molecule has 102 valence electrons. The average molecular weight is 331 g/mol. The third-order valence-electron chi connectivity index (χ3n) is 3.63. The molecule has 0 saturated heterocycles. The van der Waals surface area contributed by atoms with Gasteiger partial charge >= 0.3 is 0 Å². The second-order valence-corrected chi connectivity index (χ2v) is 5.75. The van der Waals surface area contributed by atoms with Crippen molar-refractivity contribution >= 4 is 33.2 Å². The molecule has 0 fully saturated rings. The van der Waals surface area contributed by atoms with E-state index in [1.165, 1.54) is 0 Å². The van der Waals surface area contributed by atoms with Crippen molar-refractivity contribution < 1.29 is 4.79 Å². The summed E-state index contributed by atoms with van der Waals surface area (Å²) in [6.07, 6.45) is 0.467. The number of benzene rings is 2. The summed E-state index contributed by atoms with van der Waals surface area (Å²) in [5, 5.41) is 3.46. The maximum absolute atomic E-state index is 12.1. The predicted molar refractivity (Wildman–Crippen MR) is 85.0 cm³/mol. The van der Waals surface area contributed by atoms with E-state index in [-0.39, 0.29) is 11.9 Å². The van der Waals surface area contributed by atoms with E-state index in [1.807, 2.05) is 49.5 Å². The van der Waals surface area contributed by atoms with Gasteiger partial charge in [0.1, 0.15) is 0 Å². The Morgan fingerprint density at radius 1 is 1.15 bits per heavy atom. The summed E-state index contributed by atoms with van der Waals surface area (Å²) < 4.78 is 1.00. The van der Waals surface area contributed by atoms with Crippen LogP contribution >= 0.6 is 15.9 Å². The number of rotatable bonds is 2. The van der Waals surface area contributed by atoms with E-state index >= 15 is 0 Å². The number of hydrogen-bond acceptors (Lipinski definition) is 2. The van der Waals surface area contributed by atoms with E-state index in [0.29, 0.717) is 6.42 Å². The quantitative estimate of drug-likeness (QED) is 0.903. The fourth-order valence-electron chi connectivity index (χ4n) is 2.54. The lowest BCUT2D eigenvalue weighted by Gasteiger charge is -2.32. The number of anilines is 2. The van der Waals surface area contributed by atoms with Gasteiger partial charge in [-0.15, -0.1) is 0 Å². The lowest BCUT2D eigenvalue weighted by molar-refractivity contribution is -0.118. The zero-order chi connectivity index (χ0) is 14.1. The second kappa shape index (κ2) is 5.29. The van der Waals surface area contributed by atoms with Crippen LogP contribution in [-0.4, -0.2) is 13.0 Å². The monoisotopic (exact) mass is 330 g/mol. The van der Waals surface area contributed by atoms with Crippen molar-refractivity contribution in [2.75, 3.05) is 17.3 Å². The minimum Gasteiger partial charge on any atom is -0.377 e. The third kappa shape index (κ3) is 2.31. The number of halogens is 1. The molecule has 20 heavy (non-hydrogen) atoms. The molecule has 1 amide bonds. The van der Waals surface area contributed by atoms with E-state index in [1.54, 1.807) is 4.90 Å². The number of carbonyl (C=O) groups excluding carboxylic acids is 1. The zero-order valence-electron chi connectivity index (χ0n) is 11.1. The minimum atomic E-state index is 0.00796. The Morgan fingerprint density at radius 3 is 2.65 bits per heavy atom. The van der Waals surface area contributed by atoms with Gasteiger partial charge < -0.3 is 10.2 Å². The van der Waals surface area contributed by atoms with Gasteiger partial charge in [0.2, 0.25) is 5.91 Å². The van der Waals surface area contributed by atoms with Crippen LogP contribution in [0, 0.1) is 0 Å². The zero-order valence-corrected chi connectivity index (χ0v) is 12.7. The van der Waals surface area contributed by atoms with Gasteiger partial charge in [0.05, 0.1) is 12.5 Å². The summed E-state index contributed by atoms with van der Waals surface area (Å²) in [5.41, 5.74) is 3.14. The molecule has 2 aromatic carbocycles. The number of carbonyl (C=O) groups is 1. The Morgan fingerprint density at radius 2 is 1.85 bits per heavy atom. The van der Waals surface area contributed by atoms with Crippen LogP contribution in [0.3, 0.4) is 0 Å². The number of nitrogens with one attached hydrogen (secondary N) is 1. The number of fused-ring (bicyclic) bond motifs is 1. The van der Waals surface area contributed by atoms with Crippen LogP contribution in [0.5, 0.6) is 0 Å². The van der Waals surface area contributed by atoms with Crippen LogP contribution < -0.4 is 10.2 Å². The molecule has 1 aliphatic rings. The van der Waals surface area contributed by atoms with Gasteiger partial charge in [-0.3, -0.25) is 4.79 Å². The first-order valence-corrected chi connectivity index (χ1v) is 7.32. The Hall–Kier alpha value is -1.81. The van der Waals surface area contributed by atoms with Gasteiger partial charge in [-0.05, 0) is 39.7 Å². The molecule has 1 heterocycles. The lowest BCUT2D eigenvalue weighted by atomic mass is 9.96. The lowest BCUT2D eigenvalue weighted by Crippen LogP contribution is -2.35. The molecule has 0 aromatic heterocycles. The second-order valence-electron chi connectivity index (χ2n) is 4.89. The van der Waals surface area contributed by atoms with Gasteiger partial charge in [-0.2, -0.15) is 0 Å². The van der Waals surface area contributed by atoms with E-state index in [4.69, 9.17) is 0 Å². The van der Waals surface area contributed by atoms with Gasteiger partial charge in [-0.25, -0.2) is 0 Å². The van der Waals surface area contributed by atoms with Crippen LogP contribution in [0.1, 0.15) is 18.0 Å². The molecule has 3 rings (SSSR count). The number of nitrogens with zero attached hydrogens (tertiary/aromatic N) is 1. The van der Waals surface area contributed by atoms with Crippen molar-refractivity contribution in [2.24, 2.45) is 0 Å². The molecule has 0 aliphatic carbocycles. The molecule has 3 nitrogen and oxygen atoms in total. The summed E-state index contributed by atoms with van der Waals surface area (Å²) in [4.78, 5) is 13.8. The fourth-order valence-corrected chi connectivity index (χ4v) is 2.94. The van der Waals surface area contributed by atoms with E-state index in [2.05, 4.69) is 27.3 Å². The first-order valence-electron chi connectivity index (χ1n) is 6.53. The maximum atomic E-state index is 12.1. The Labute approximate surface area is 126 Å². The Balaban J connectivity index is 1.97. The summed E-state index contributed by atoms with van der Waals surface area (Å²) in [6.45, 7) is 0. The first kappa shape index (κ1) is 13.2. The average Bonchev–Trinajstić information content (AvgIpc) is 2.47. The largest absolute Gasteiger partial charge is 0.377 e. The van der Waals surface area contributed by atoms with Crippen molar-refractivity contribution in [3.63, 3.8) is 0 Å².